The fourth-order valence-electron chi connectivity index (χ4n) is 4.79. The lowest BCUT2D eigenvalue weighted by atomic mass is 9.79. The number of carbonyl (C=O) groups is 1. The van der Waals surface area contributed by atoms with E-state index in [1.165, 1.54) is 0 Å². The summed E-state index contributed by atoms with van der Waals surface area (Å²) < 4.78 is 20.7. The van der Waals surface area contributed by atoms with Crippen LogP contribution in [0.5, 0.6) is 5.75 Å². The molecule has 0 saturated carbocycles. The second-order valence-corrected chi connectivity index (χ2v) is 9.98. The first-order valence-corrected chi connectivity index (χ1v) is 12.8. The normalized spacial score (nSPS) is 20.3. The predicted octanol–water partition coefficient (Wildman–Crippen LogP) is 5.59. The average Bonchev–Trinajstić information content (AvgIpc) is 2.80. The van der Waals surface area contributed by atoms with Crippen molar-refractivity contribution in [3.63, 3.8) is 0 Å². The van der Waals surface area contributed by atoms with Crippen molar-refractivity contribution in [2.45, 2.75) is 45.2 Å². The summed E-state index contributed by atoms with van der Waals surface area (Å²) in [5, 5.41) is 10.2. The highest BCUT2D eigenvalue weighted by atomic mass is 32.2. The first-order chi connectivity index (χ1) is 15.5. The van der Waals surface area contributed by atoms with E-state index in [1.54, 1.807) is 19.4 Å². The monoisotopic (exact) mass is 462 g/mol. The van der Waals surface area contributed by atoms with Crippen LogP contribution in [0.2, 0.25) is 0 Å². The van der Waals surface area contributed by atoms with Crippen molar-refractivity contribution in [1.82, 2.24) is 9.88 Å². The van der Waals surface area contributed by atoms with Crippen molar-refractivity contribution in [2.24, 2.45) is 11.8 Å². The first kappa shape index (κ1) is 24.8. The van der Waals surface area contributed by atoms with Crippen LogP contribution in [0.15, 0.2) is 30.5 Å². The van der Waals surface area contributed by atoms with Crippen LogP contribution in [0.1, 0.15) is 50.8 Å². The number of methoxy groups -OCH3 is 1. The molecule has 3 rings (SSSR count). The summed E-state index contributed by atoms with van der Waals surface area (Å²) >= 11 is 1.95. The molecule has 2 heterocycles. The molecule has 0 spiro atoms. The van der Waals surface area contributed by atoms with E-state index >= 15 is 4.39 Å². The summed E-state index contributed by atoms with van der Waals surface area (Å²) in [6, 6.07) is 7.27. The fraction of sp³-hybridized carbons (Fsp3) is 0.600. The molecule has 3 atom stereocenters. The van der Waals surface area contributed by atoms with Crippen LogP contribution in [0.3, 0.4) is 0 Å². The number of carboxylic acids is 1. The molecule has 0 aliphatic carbocycles. The number of likely N-dealkylation sites (tertiary alicyclic amines) is 1. The standard InChI is InChI=1S/C25H35FN2O3S/c1-3-32-14-4-12-28-13-10-18(19(17-28)15-25(29)30)5-7-23(26)21-9-11-27-24-8-6-20(31-2)16-22(21)24/h6,8-9,11,16,18-19,23H,3-5,7,10,12-15,17H2,1-2H3,(H,29,30)/t18-,19+,23-/m1/s1. The number of aliphatic carboxylic acids is 1. The van der Waals surface area contributed by atoms with E-state index in [0.717, 1.165) is 54.9 Å². The van der Waals surface area contributed by atoms with Crippen LogP contribution >= 0.6 is 11.8 Å². The van der Waals surface area contributed by atoms with Crippen molar-refractivity contribution in [3.05, 3.63) is 36.0 Å². The Bertz CT molecular complexity index is 881. The Labute approximate surface area is 194 Å². The molecule has 0 amide bonds. The maximum absolute atomic E-state index is 15.4. The molecule has 1 N–H and O–H groups in total. The number of piperidine rings is 1. The minimum Gasteiger partial charge on any atom is -0.497 e. The Morgan fingerprint density at radius 1 is 1.38 bits per heavy atom. The van der Waals surface area contributed by atoms with E-state index in [9.17, 15) is 9.90 Å². The largest absolute Gasteiger partial charge is 0.497 e. The molecule has 0 unspecified atom stereocenters. The van der Waals surface area contributed by atoms with E-state index in [1.807, 2.05) is 30.0 Å². The molecule has 0 radical (unpaired) electrons. The lowest BCUT2D eigenvalue weighted by Gasteiger charge is -2.38. The number of carboxylic acid groups (broad SMARTS) is 1. The van der Waals surface area contributed by atoms with E-state index in [-0.39, 0.29) is 18.3 Å². The maximum Gasteiger partial charge on any atom is 0.303 e. The molecule has 32 heavy (non-hydrogen) atoms. The van der Waals surface area contributed by atoms with Crippen molar-refractivity contribution in [2.75, 3.05) is 38.2 Å². The van der Waals surface area contributed by atoms with E-state index < -0.39 is 12.1 Å². The van der Waals surface area contributed by atoms with Crippen molar-refractivity contribution < 1.29 is 19.0 Å². The molecule has 1 saturated heterocycles. The van der Waals surface area contributed by atoms with Crippen molar-refractivity contribution >= 4 is 28.6 Å². The number of rotatable bonds is 12. The van der Waals surface area contributed by atoms with Crippen LogP contribution in [0.4, 0.5) is 4.39 Å². The lowest BCUT2D eigenvalue weighted by Crippen LogP contribution is -2.42. The summed E-state index contributed by atoms with van der Waals surface area (Å²) in [5.74, 6) is 2.54. The van der Waals surface area contributed by atoms with Gasteiger partial charge in [-0.05, 0) is 91.9 Å². The van der Waals surface area contributed by atoms with Gasteiger partial charge in [-0.3, -0.25) is 9.78 Å². The number of alkyl halides is 1. The van der Waals surface area contributed by atoms with Gasteiger partial charge in [0, 0.05) is 24.5 Å². The number of aromatic nitrogens is 1. The smallest absolute Gasteiger partial charge is 0.303 e. The number of nitrogens with zero attached hydrogens (tertiary/aromatic N) is 2. The number of fused-ring (bicyclic) bond motifs is 1. The van der Waals surface area contributed by atoms with Gasteiger partial charge in [-0.15, -0.1) is 0 Å². The molecule has 5 nitrogen and oxygen atoms in total. The summed E-state index contributed by atoms with van der Waals surface area (Å²) in [6.07, 6.45) is 3.87. The molecule has 7 heteroatoms. The molecular weight excluding hydrogens is 427 g/mol. The molecule has 1 aromatic heterocycles. The Balaban J connectivity index is 1.62. The maximum atomic E-state index is 15.4. The first-order valence-electron chi connectivity index (χ1n) is 11.6. The Hall–Kier alpha value is -1.86. The Morgan fingerprint density at radius 3 is 2.97 bits per heavy atom. The van der Waals surface area contributed by atoms with Gasteiger partial charge in [-0.1, -0.05) is 6.92 Å². The second kappa shape index (κ2) is 12.4. The van der Waals surface area contributed by atoms with Crippen molar-refractivity contribution in [1.29, 1.82) is 0 Å². The van der Waals surface area contributed by atoms with Gasteiger partial charge in [0.05, 0.1) is 12.6 Å². The third-order valence-electron chi connectivity index (χ3n) is 6.49. The number of ether oxygens (including phenoxy) is 1. The highest BCUT2D eigenvalue weighted by molar-refractivity contribution is 7.99. The molecular formula is C25H35FN2O3S. The number of hydrogen-bond acceptors (Lipinski definition) is 5. The SMILES string of the molecule is CCSCCCN1CC[C@@H](CC[C@@H](F)c2ccnc3ccc(OC)cc23)[C@@H](CC(=O)O)C1. The number of pyridine rings is 1. The van der Waals surface area contributed by atoms with Gasteiger partial charge in [-0.2, -0.15) is 11.8 Å². The molecule has 1 aliphatic heterocycles. The average molecular weight is 463 g/mol. The number of benzene rings is 1. The third kappa shape index (κ3) is 6.82. The van der Waals surface area contributed by atoms with E-state index in [0.29, 0.717) is 24.2 Å². The quantitative estimate of drug-likeness (QED) is 0.415. The minimum atomic E-state index is -1.11. The van der Waals surface area contributed by atoms with Gasteiger partial charge < -0.3 is 14.7 Å². The zero-order valence-corrected chi connectivity index (χ0v) is 20.0. The van der Waals surface area contributed by atoms with Gasteiger partial charge in [0.2, 0.25) is 0 Å². The highest BCUT2D eigenvalue weighted by Gasteiger charge is 2.31. The van der Waals surface area contributed by atoms with Crippen molar-refractivity contribution in [3.8, 4) is 5.75 Å². The molecule has 1 aromatic carbocycles. The highest BCUT2D eigenvalue weighted by Crippen LogP contribution is 2.36. The Kier molecular flexibility index (Phi) is 9.60. The topological polar surface area (TPSA) is 62.7 Å². The zero-order chi connectivity index (χ0) is 22.9. The number of hydrogen-bond donors (Lipinski definition) is 1. The third-order valence-corrected chi connectivity index (χ3v) is 7.48. The Morgan fingerprint density at radius 2 is 2.22 bits per heavy atom. The molecule has 176 valence electrons. The predicted molar refractivity (Wildman–Crippen MR) is 129 cm³/mol. The van der Waals surface area contributed by atoms with Gasteiger partial charge in [0.1, 0.15) is 11.9 Å². The summed E-state index contributed by atoms with van der Waals surface area (Å²) in [5.41, 5.74) is 1.39. The van der Waals surface area contributed by atoms with Crippen LogP contribution in [-0.2, 0) is 4.79 Å². The van der Waals surface area contributed by atoms with Gasteiger partial charge in [0.25, 0.3) is 0 Å². The molecule has 1 aliphatic rings. The van der Waals surface area contributed by atoms with Gasteiger partial charge in [-0.25, -0.2) is 4.39 Å². The summed E-state index contributed by atoms with van der Waals surface area (Å²) in [7, 11) is 1.60. The number of halogens is 1. The van der Waals surface area contributed by atoms with Crippen LogP contribution in [0, 0.1) is 11.8 Å². The van der Waals surface area contributed by atoms with E-state index in [2.05, 4.69) is 16.8 Å². The molecule has 0 bridgehead atoms. The molecule has 2 aromatic rings. The summed E-state index contributed by atoms with van der Waals surface area (Å²) in [6.45, 7) is 4.97. The molecule has 1 fully saturated rings. The van der Waals surface area contributed by atoms with Crippen LogP contribution in [-0.4, -0.2) is 59.2 Å². The second-order valence-electron chi connectivity index (χ2n) is 8.59. The van der Waals surface area contributed by atoms with Gasteiger partial charge >= 0.3 is 5.97 Å². The van der Waals surface area contributed by atoms with Crippen LogP contribution < -0.4 is 4.74 Å². The van der Waals surface area contributed by atoms with Crippen LogP contribution in [0.25, 0.3) is 10.9 Å². The summed E-state index contributed by atoms with van der Waals surface area (Å²) in [4.78, 5) is 18.2. The van der Waals surface area contributed by atoms with Gasteiger partial charge in [0.15, 0.2) is 0 Å². The zero-order valence-electron chi connectivity index (χ0n) is 19.1. The van der Waals surface area contributed by atoms with E-state index in [4.69, 9.17) is 4.74 Å². The lowest BCUT2D eigenvalue weighted by molar-refractivity contribution is -0.139. The number of thioether (sulfide) groups is 1. The fourth-order valence-corrected chi connectivity index (χ4v) is 5.41. The minimum absolute atomic E-state index is 0.0848.